The third-order valence-electron chi connectivity index (χ3n) is 3.71. The normalized spacial score (nSPS) is 19.5. The zero-order valence-corrected chi connectivity index (χ0v) is 11.7. The van der Waals surface area contributed by atoms with Crippen molar-refractivity contribution in [1.29, 1.82) is 0 Å². The van der Waals surface area contributed by atoms with E-state index in [-0.39, 0.29) is 23.0 Å². The predicted octanol–water partition coefficient (Wildman–Crippen LogP) is 0.945. The second-order valence-corrected chi connectivity index (χ2v) is 5.05. The van der Waals surface area contributed by atoms with Crippen molar-refractivity contribution in [3.8, 4) is 0 Å². The van der Waals surface area contributed by atoms with Gasteiger partial charge < -0.3 is 14.2 Å². The van der Waals surface area contributed by atoms with Crippen LogP contribution in [0.3, 0.4) is 0 Å². The number of nitrogens with zero attached hydrogens (tertiary/aromatic N) is 2. The maximum absolute atomic E-state index is 12.4. The fraction of sp³-hybridized carbons (Fsp3) is 0.571. The van der Waals surface area contributed by atoms with Crippen molar-refractivity contribution in [2.24, 2.45) is 7.05 Å². The second-order valence-electron chi connectivity index (χ2n) is 5.05. The van der Waals surface area contributed by atoms with Gasteiger partial charge in [-0.2, -0.15) is 0 Å². The highest BCUT2D eigenvalue weighted by molar-refractivity contribution is 5.94. The molecule has 5 heteroatoms. The number of methoxy groups -OCH3 is 1. The van der Waals surface area contributed by atoms with Gasteiger partial charge in [-0.25, -0.2) is 0 Å². The molecule has 1 amide bonds. The summed E-state index contributed by atoms with van der Waals surface area (Å²) in [5.74, 6) is -0.192. The smallest absolute Gasteiger partial charge is 0.259 e. The van der Waals surface area contributed by atoms with Crippen molar-refractivity contribution in [2.75, 3.05) is 20.2 Å². The van der Waals surface area contributed by atoms with E-state index in [0.717, 1.165) is 18.5 Å². The zero-order chi connectivity index (χ0) is 14.0. The molecule has 0 aliphatic carbocycles. The van der Waals surface area contributed by atoms with E-state index in [4.69, 9.17) is 4.74 Å². The van der Waals surface area contributed by atoms with Gasteiger partial charge >= 0.3 is 0 Å². The SMILES string of the molecule is COC1CCCN(C(=O)c2cn(C)c(C)cc2=O)C1. The van der Waals surface area contributed by atoms with E-state index in [1.165, 1.54) is 6.07 Å². The summed E-state index contributed by atoms with van der Waals surface area (Å²) in [6.07, 6.45) is 3.57. The number of hydrogen-bond acceptors (Lipinski definition) is 3. The maximum atomic E-state index is 12.4. The van der Waals surface area contributed by atoms with Gasteiger partial charge in [0.2, 0.25) is 0 Å². The van der Waals surface area contributed by atoms with E-state index < -0.39 is 0 Å². The van der Waals surface area contributed by atoms with E-state index in [1.807, 2.05) is 14.0 Å². The molecule has 1 fully saturated rings. The minimum Gasteiger partial charge on any atom is -0.380 e. The summed E-state index contributed by atoms with van der Waals surface area (Å²) in [4.78, 5) is 26.0. The quantitative estimate of drug-likeness (QED) is 0.799. The van der Waals surface area contributed by atoms with Gasteiger partial charge in [-0.3, -0.25) is 9.59 Å². The summed E-state index contributed by atoms with van der Waals surface area (Å²) in [5, 5.41) is 0. The van der Waals surface area contributed by atoms with Crippen LogP contribution in [0.5, 0.6) is 0 Å². The maximum Gasteiger partial charge on any atom is 0.259 e. The lowest BCUT2D eigenvalue weighted by Crippen LogP contribution is -2.44. The van der Waals surface area contributed by atoms with Gasteiger partial charge in [-0.05, 0) is 19.8 Å². The van der Waals surface area contributed by atoms with Gasteiger partial charge in [-0.1, -0.05) is 0 Å². The van der Waals surface area contributed by atoms with Gasteiger partial charge in [0.15, 0.2) is 5.43 Å². The van der Waals surface area contributed by atoms with Crippen LogP contribution in [0.25, 0.3) is 0 Å². The lowest BCUT2D eigenvalue weighted by Gasteiger charge is -2.31. The first kappa shape index (κ1) is 13.8. The standard InChI is InChI=1S/C14H20N2O3/c1-10-7-13(17)12(9-15(10)2)14(18)16-6-4-5-11(8-16)19-3/h7,9,11H,4-6,8H2,1-3H3. The Balaban J connectivity index is 2.24. The summed E-state index contributed by atoms with van der Waals surface area (Å²) in [7, 11) is 3.49. The third kappa shape index (κ3) is 2.87. The predicted molar refractivity (Wildman–Crippen MR) is 72.4 cm³/mol. The molecule has 2 rings (SSSR count). The number of likely N-dealkylation sites (tertiary alicyclic amines) is 1. The van der Waals surface area contributed by atoms with Gasteiger partial charge in [-0.15, -0.1) is 0 Å². The Morgan fingerprint density at radius 1 is 1.47 bits per heavy atom. The molecule has 1 aromatic rings. The molecule has 104 valence electrons. The molecule has 0 aromatic carbocycles. The summed E-state index contributed by atoms with van der Waals surface area (Å²) < 4.78 is 7.10. The van der Waals surface area contributed by atoms with E-state index in [1.54, 1.807) is 22.8 Å². The lowest BCUT2D eigenvalue weighted by atomic mass is 10.1. The van der Waals surface area contributed by atoms with E-state index in [9.17, 15) is 9.59 Å². The summed E-state index contributed by atoms with van der Waals surface area (Å²) >= 11 is 0. The van der Waals surface area contributed by atoms with Crippen LogP contribution in [0.15, 0.2) is 17.1 Å². The van der Waals surface area contributed by atoms with Crippen LogP contribution < -0.4 is 5.43 Å². The second kappa shape index (κ2) is 5.57. The topological polar surface area (TPSA) is 51.5 Å². The van der Waals surface area contributed by atoms with Crippen molar-refractivity contribution < 1.29 is 9.53 Å². The Hall–Kier alpha value is -1.62. The molecule has 0 bridgehead atoms. The van der Waals surface area contributed by atoms with Gasteiger partial charge in [0.1, 0.15) is 5.56 Å². The summed E-state index contributed by atoms with van der Waals surface area (Å²) in [6.45, 7) is 3.10. The molecule has 1 aliphatic rings. The fourth-order valence-corrected chi connectivity index (χ4v) is 2.37. The van der Waals surface area contributed by atoms with Gasteiger partial charge in [0.05, 0.1) is 6.10 Å². The molecule has 0 saturated carbocycles. The first-order chi connectivity index (χ1) is 9.02. The van der Waals surface area contributed by atoms with Crippen LogP contribution in [-0.2, 0) is 11.8 Å². The fourth-order valence-electron chi connectivity index (χ4n) is 2.37. The van der Waals surface area contributed by atoms with E-state index >= 15 is 0 Å². The number of aromatic nitrogens is 1. The Morgan fingerprint density at radius 2 is 2.21 bits per heavy atom. The molecule has 0 N–H and O–H groups in total. The molecular formula is C14H20N2O3. The van der Waals surface area contributed by atoms with E-state index in [0.29, 0.717) is 13.1 Å². The number of ether oxygens (including phenoxy) is 1. The first-order valence-electron chi connectivity index (χ1n) is 6.52. The number of piperidine rings is 1. The number of carbonyl (C=O) groups is 1. The summed E-state index contributed by atoms with van der Waals surface area (Å²) in [6, 6.07) is 1.50. The van der Waals surface area contributed by atoms with Crippen LogP contribution in [0.4, 0.5) is 0 Å². The number of hydrogen-bond donors (Lipinski definition) is 0. The number of rotatable bonds is 2. The molecule has 19 heavy (non-hydrogen) atoms. The number of amides is 1. The Morgan fingerprint density at radius 3 is 2.89 bits per heavy atom. The molecule has 5 nitrogen and oxygen atoms in total. The monoisotopic (exact) mass is 264 g/mol. The minimum atomic E-state index is -0.208. The molecule has 2 heterocycles. The van der Waals surface area contributed by atoms with Gasteiger partial charge in [0.25, 0.3) is 5.91 Å². The van der Waals surface area contributed by atoms with Crippen LogP contribution in [-0.4, -0.2) is 41.7 Å². The molecule has 1 aromatic heterocycles. The average Bonchev–Trinajstić information content (AvgIpc) is 2.42. The number of pyridine rings is 1. The highest BCUT2D eigenvalue weighted by atomic mass is 16.5. The molecule has 1 unspecified atom stereocenters. The molecule has 0 spiro atoms. The van der Waals surface area contributed by atoms with Crippen molar-refractivity contribution in [3.05, 3.63) is 33.7 Å². The zero-order valence-electron chi connectivity index (χ0n) is 11.7. The Bertz CT molecular complexity index is 536. The lowest BCUT2D eigenvalue weighted by molar-refractivity contribution is 0.0268. The Labute approximate surface area is 112 Å². The summed E-state index contributed by atoms with van der Waals surface area (Å²) in [5.41, 5.74) is 0.875. The van der Waals surface area contributed by atoms with Crippen molar-refractivity contribution in [1.82, 2.24) is 9.47 Å². The molecular weight excluding hydrogens is 244 g/mol. The first-order valence-corrected chi connectivity index (χ1v) is 6.52. The molecule has 1 aliphatic heterocycles. The van der Waals surface area contributed by atoms with E-state index in [2.05, 4.69) is 0 Å². The van der Waals surface area contributed by atoms with Gasteiger partial charge in [0, 0.05) is 45.2 Å². The Kier molecular flexibility index (Phi) is 4.04. The highest BCUT2D eigenvalue weighted by Gasteiger charge is 2.25. The van der Waals surface area contributed by atoms with Crippen molar-refractivity contribution in [3.63, 3.8) is 0 Å². The molecule has 0 radical (unpaired) electrons. The minimum absolute atomic E-state index is 0.0759. The van der Waals surface area contributed by atoms with Crippen LogP contribution in [0.1, 0.15) is 28.9 Å². The van der Waals surface area contributed by atoms with Crippen LogP contribution in [0, 0.1) is 6.92 Å². The largest absolute Gasteiger partial charge is 0.380 e. The van der Waals surface area contributed by atoms with Crippen molar-refractivity contribution >= 4 is 5.91 Å². The van der Waals surface area contributed by atoms with Crippen LogP contribution >= 0.6 is 0 Å². The number of aryl methyl sites for hydroxylation is 2. The molecule has 1 atom stereocenters. The average molecular weight is 264 g/mol. The third-order valence-corrected chi connectivity index (χ3v) is 3.71. The number of carbonyl (C=O) groups excluding carboxylic acids is 1. The molecule has 1 saturated heterocycles. The van der Waals surface area contributed by atoms with Crippen LogP contribution in [0.2, 0.25) is 0 Å². The highest BCUT2D eigenvalue weighted by Crippen LogP contribution is 2.14. The van der Waals surface area contributed by atoms with Crippen molar-refractivity contribution in [2.45, 2.75) is 25.9 Å².